The van der Waals surface area contributed by atoms with Gasteiger partial charge in [0.15, 0.2) is 0 Å². The van der Waals surface area contributed by atoms with E-state index in [0.717, 1.165) is 17.5 Å². The number of nitrogens with zero attached hydrogens (tertiary/aromatic N) is 4. The number of hydrogen-bond acceptors (Lipinski definition) is 4. The Kier molecular flexibility index (Phi) is 7.71. The summed E-state index contributed by atoms with van der Waals surface area (Å²) in [6.07, 6.45) is -6.98. The molecule has 0 spiro atoms. The number of amides is 1. The van der Waals surface area contributed by atoms with E-state index in [1.165, 1.54) is 24.7 Å². The van der Waals surface area contributed by atoms with Gasteiger partial charge in [-0.2, -0.15) is 31.4 Å². The maximum Gasteiger partial charge on any atom is 0.435 e. The molecule has 0 radical (unpaired) electrons. The van der Waals surface area contributed by atoms with E-state index in [1.54, 1.807) is 4.90 Å². The lowest BCUT2D eigenvalue weighted by Gasteiger charge is -2.32. The first-order valence-electron chi connectivity index (χ1n) is 12.0. The van der Waals surface area contributed by atoms with Crippen molar-refractivity contribution < 1.29 is 40.3 Å². The largest absolute Gasteiger partial charge is 0.435 e. The van der Waals surface area contributed by atoms with Crippen molar-refractivity contribution in [3.8, 4) is 16.8 Å². The summed E-state index contributed by atoms with van der Waals surface area (Å²) < 4.78 is 100. The topological polar surface area (TPSA) is 60.2 Å². The minimum absolute atomic E-state index is 0.0210. The lowest BCUT2D eigenvalue weighted by molar-refractivity contribution is -0.348. The molecule has 0 N–H and O–H groups in total. The van der Waals surface area contributed by atoms with Crippen LogP contribution in [0.4, 0.5) is 30.7 Å². The Morgan fingerprint density at radius 3 is 2.07 bits per heavy atom. The molecule has 1 saturated heterocycles. The summed E-state index contributed by atoms with van der Waals surface area (Å²) in [6, 6.07) is 1.99. The molecule has 2 fully saturated rings. The monoisotopic (exact) mass is 644 g/mol. The van der Waals surface area contributed by atoms with Crippen molar-refractivity contribution in [1.29, 1.82) is 0 Å². The van der Waals surface area contributed by atoms with E-state index in [9.17, 15) is 35.5 Å². The molecule has 0 atom stereocenters. The molecule has 1 aliphatic heterocycles. The molecule has 3 heterocycles. The average molecular weight is 646 g/mol. The Bertz CT molecular complexity index is 1450. The van der Waals surface area contributed by atoms with Crippen LogP contribution in [0.25, 0.3) is 16.8 Å². The van der Waals surface area contributed by atoms with Crippen LogP contribution in [0.5, 0.6) is 0 Å². The van der Waals surface area contributed by atoms with Gasteiger partial charge in [0.05, 0.1) is 35.0 Å². The summed E-state index contributed by atoms with van der Waals surface area (Å²) in [5.74, 6) is -0.0831. The van der Waals surface area contributed by atoms with Gasteiger partial charge < -0.3 is 9.64 Å². The fourth-order valence-corrected chi connectivity index (χ4v) is 5.27. The minimum Gasteiger partial charge on any atom is -0.381 e. The fourth-order valence-electron chi connectivity index (χ4n) is 4.43. The van der Waals surface area contributed by atoms with Crippen molar-refractivity contribution >= 4 is 40.7 Å². The molecule has 1 amide bonds. The Labute approximate surface area is 242 Å². The van der Waals surface area contributed by atoms with Crippen molar-refractivity contribution in [3.05, 3.63) is 63.1 Å². The summed E-state index contributed by atoms with van der Waals surface area (Å²) in [5, 5.41) is 2.58. The molecule has 6 nitrogen and oxygen atoms in total. The number of halogens is 10. The summed E-state index contributed by atoms with van der Waals surface area (Å²) in [6.45, 7) is 1.64. The van der Waals surface area contributed by atoms with Gasteiger partial charge in [0.2, 0.25) is 0 Å². The summed E-state index contributed by atoms with van der Waals surface area (Å²) in [5.41, 5.74) is -6.97. The first kappa shape index (κ1) is 29.9. The van der Waals surface area contributed by atoms with Crippen LogP contribution >= 0.6 is 34.8 Å². The van der Waals surface area contributed by atoms with Crippen LogP contribution in [0.3, 0.4) is 0 Å². The van der Waals surface area contributed by atoms with Crippen LogP contribution in [-0.4, -0.2) is 63.7 Å². The Balaban J connectivity index is 1.46. The van der Waals surface area contributed by atoms with Gasteiger partial charge in [0.1, 0.15) is 10.8 Å². The number of hydrogen-bond donors (Lipinski definition) is 0. The first-order valence-corrected chi connectivity index (χ1v) is 13.2. The van der Waals surface area contributed by atoms with E-state index in [-0.39, 0.29) is 46.4 Å². The van der Waals surface area contributed by atoms with Crippen LogP contribution in [-0.2, 0) is 10.4 Å². The van der Waals surface area contributed by atoms with Gasteiger partial charge in [-0.25, -0.2) is 14.1 Å². The lowest BCUT2D eigenvalue weighted by Crippen LogP contribution is -2.50. The molecular weight excluding hydrogens is 628 g/mol. The summed E-state index contributed by atoms with van der Waals surface area (Å²) in [7, 11) is 0. The highest BCUT2D eigenvalue weighted by Crippen LogP contribution is 2.54. The third-order valence-corrected chi connectivity index (χ3v) is 7.70. The quantitative estimate of drug-likeness (QED) is 0.198. The number of rotatable bonds is 7. The van der Waals surface area contributed by atoms with Gasteiger partial charge in [-0.15, -0.1) is 0 Å². The average Bonchev–Trinajstić information content (AvgIpc) is 3.57. The minimum atomic E-state index is -6.34. The Hall–Kier alpha value is -2.61. The SMILES string of the molecule is O=C(c1cc(-c2cnn(-c3c(Cl)cc(C(F)(C(F)(F)F)C(F)(F)F)cc3Cl)c2)cnc1Cl)N(CC1COC1)C1CC1. The maximum absolute atomic E-state index is 14.6. The molecule has 1 saturated carbocycles. The standard InChI is InChI=1S/C25H18Cl3F7N4O2/c26-18-4-15(23(29,24(30,31)32)25(33,34)35)5-19(27)20(18)39-9-14(7-37-39)13-3-17(21(28)36-6-13)22(40)38(16-1-2-16)8-12-10-41-11-12/h3-7,9,12,16H,1-2,8,10-11H2. The van der Waals surface area contributed by atoms with Gasteiger partial charge in [-0.3, -0.25) is 4.79 Å². The third kappa shape index (κ3) is 5.49. The van der Waals surface area contributed by atoms with Crippen LogP contribution in [0.15, 0.2) is 36.8 Å². The van der Waals surface area contributed by atoms with Crippen molar-refractivity contribution in [3.63, 3.8) is 0 Å². The predicted octanol–water partition coefficient (Wildman–Crippen LogP) is 7.43. The van der Waals surface area contributed by atoms with Gasteiger partial charge in [0.25, 0.3) is 5.91 Å². The van der Waals surface area contributed by atoms with E-state index >= 15 is 0 Å². The zero-order chi connectivity index (χ0) is 29.9. The van der Waals surface area contributed by atoms with Gasteiger partial charge in [-0.05, 0) is 31.0 Å². The number of alkyl halides is 7. The van der Waals surface area contributed by atoms with Gasteiger partial charge in [0, 0.05) is 47.6 Å². The van der Waals surface area contributed by atoms with Crippen molar-refractivity contribution in [1.82, 2.24) is 19.7 Å². The number of carbonyl (C=O) groups is 1. The Morgan fingerprint density at radius 1 is 0.951 bits per heavy atom. The molecule has 0 bridgehead atoms. The van der Waals surface area contributed by atoms with Crippen LogP contribution < -0.4 is 0 Å². The van der Waals surface area contributed by atoms with Crippen molar-refractivity contribution in [2.45, 2.75) is 36.9 Å². The Morgan fingerprint density at radius 2 is 1.56 bits per heavy atom. The summed E-state index contributed by atoms with van der Waals surface area (Å²) in [4.78, 5) is 19.2. The van der Waals surface area contributed by atoms with E-state index in [0.29, 0.717) is 30.9 Å². The molecule has 2 aromatic heterocycles. The van der Waals surface area contributed by atoms with Crippen LogP contribution in [0, 0.1) is 5.92 Å². The van der Waals surface area contributed by atoms with Crippen molar-refractivity contribution in [2.24, 2.45) is 5.92 Å². The number of aromatic nitrogens is 3. The molecule has 0 unspecified atom stereocenters. The van der Waals surface area contributed by atoms with Crippen molar-refractivity contribution in [2.75, 3.05) is 19.8 Å². The number of benzene rings is 1. The van der Waals surface area contributed by atoms with E-state index in [1.807, 2.05) is 0 Å². The second-order valence-corrected chi connectivity index (χ2v) is 10.9. The molecule has 5 rings (SSSR count). The molecule has 16 heteroatoms. The normalized spacial score (nSPS) is 16.5. The first-order chi connectivity index (χ1) is 19.1. The van der Waals surface area contributed by atoms with E-state index < -0.39 is 33.6 Å². The molecule has 1 aliphatic carbocycles. The molecular formula is C25H18Cl3F7N4O2. The highest BCUT2D eigenvalue weighted by molar-refractivity contribution is 6.38. The smallest absolute Gasteiger partial charge is 0.381 e. The summed E-state index contributed by atoms with van der Waals surface area (Å²) >= 11 is 18.3. The molecule has 3 aromatic rings. The van der Waals surface area contributed by atoms with Crippen LogP contribution in [0.2, 0.25) is 15.2 Å². The van der Waals surface area contributed by atoms with E-state index in [2.05, 4.69) is 10.1 Å². The highest BCUT2D eigenvalue weighted by Gasteiger charge is 2.73. The molecule has 220 valence electrons. The predicted molar refractivity (Wildman–Crippen MR) is 135 cm³/mol. The second-order valence-electron chi connectivity index (χ2n) is 9.77. The number of pyridine rings is 1. The number of ether oxygens (including phenoxy) is 1. The molecule has 41 heavy (non-hydrogen) atoms. The number of carbonyl (C=O) groups excluding carboxylic acids is 1. The lowest BCUT2D eigenvalue weighted by atomic mass is 9.94. The zero-order valence-electron chi connectivity index (χ0n) is 20.5. The van der Waals surface area contributed by atoms with Gasteiger partial charge >= 0.3 is 18.0 Å². The molecule has 2 aliphatic rings. The molecule has 1 aromatic carbocycles. The fraction of sp³-hybridized carbons (Fsp3) is 0.400. The zero-order valence-corrected chi connectivity index (χ0v) is 22.8. The third-order valence-electron chi connectivity index (χ3n) is 6.82. The highest BCUT2D eigenvalue weighted by atomic mass is 35.5. The van der Waals surface area contributed by atoms with Crippen LogP contribution in [0.1, 0.15) is 28.8 Å². The van der Waals surface area contributed by atoms with Gasteiger partial charge in [-0.1, -0.05) is 34.8 Å². The van der Waals surface area contributed by atoms with E-state index in [4.69, 9.17) is 39.5 Å². The second kappa shape index (κ2) is 10.6. The maximum atomic E-state index is 14.6.